The molecule has 8 atom stereocenters. The second-order valence-corrected chi connectivity index (χ2v) is 29.2. The minimum Gasteiger partial charge on any atom is -0.103 e. The first kappa shape index (κ1) is 34.5. The molecule has 2 heteroatoms. The van der Waals surface area contributed by atoms with Crippen molar-refractivity contribution in [3.05, 3.63) is 73.3 Å². The van der Waals surface area contributed by atoms with Crippen molar-refractivity contribution in [2.24, 2.45) is 46.3 Å². The van der Waals surface area contributed by atoms with Gasteiger partial charge in [-0.15, -0.1) is 6.58 Å². The van der Waals surface area contributed by atoms with Crippen LogP contribution in [0.1, 0.15) is 106 Å². The Labute approximate surface area is 286 Å². The van der Waals surface area contributed by atoms with Crippen LogP contribution in [-0.4, -0.2) is 16.1 Å². The van der Waals surface area contributed by atoms with Crippen LogP contribution in [0.4, 0.5) is 0 Å². The monoisotopic (exact) mass is 652 g/mol. The molecular formula is C44H68Si2. The molecule has 0 radical (unpaired) electrons. The van der Waals surface area contributed by atoms with Crippen molar-refractivity contribution >= 4 is 26.5 Å². The molecule has 0 aromatic heterocycles. The van der Waals surface area contributed by atoms with Gasteiger partial charge in [0.25, 0.3) is 0 Å². The van der Waals surface area contributed by atoms with Gasteiger partial charge in [0.05, 0.1) is 8.07 Å². The third-order valence-electron chi connectivity index (χ3n) is 15.0. The molecular weight excluding hydrogens is 585 g/mol. The van der Waals surface area contributed by atoms with Gasteiger partial charge in [-0.05, 0) is 108 Å². The zero-order chi connectivity index (χ0) is 32.9. The molecule has 252 valence electrons. The van der Waals surface area contributed by atoms with E-state index in [1.165, 1.54) is 70.3 Å². The molecule has 0 saturated heterocycles. The van der Waals surface area contributed by atoms with Gasteiger partial charge < -0.3 is 0 Å². The molecule has 46 heavy (non-hydrogen) atoms. The Kier molecular flexibility index (Phi) is 9.85. The van der Waals surface area contributed by atoms with Crippen LogP contribution in [-0.2, 0) is 0 Å². The van der Waals surface area contributed by atoms with Gasteiger partial charge >= 0.3 is 0 Å². The average molecular weight is 653 g/mol. The molecule has 0 N–H and O–H groups in total. The lowest BCUT2D eigenvalue weighted by Gasteiger charge is -2.52. The fourth-order valence-corrected chi connectivity index (χ4v) is 23.4. The molecule has 6 rings (SSSR count). The van der Waals surface area contributed by atoms with Gasteiger partial charge in [-0.3, -0.25) is 0 Å². The summed E-state index contributed by atoms with van der Waals surface area (Å²) < 4.78 is 0. The summed E-state index contributed by atoms with van der Waals surface area (Å²) >= 11 is 0. The largest absolute Gasteiger partial charge is 0.124 e. The Morgan fingerprint density at radius 2 is 1.07 bits per heavy atom. The van der Waals surface area contributed by atoms with Crippen molar-refractivity contribution in [1.82, 2.24) is 0 Å². The van der Waals surface area contributed by atoms with Gasteiger partial charge in [0, 0.05) is 0 Å². The molecule has 0 spiro atoms. The van der Waals surface area contributed by atoms with Crippen LogP contribution >= 0.6 is 0 Å². The third kappa shape index (κ3) is 6.26. The van der Waals surface area contributed by atoms with E-state index in [1.54, 1.807) is 10.4 Å². The second kappa shape index (κ2) is 13.1. The SMILES string of the molecule is C=CCC[Si](C)(C)C1CCC([Si](c2ccccc2)(c2ccccc2)C2C3CC(C(C)(C)C)CCC3C3CCC(C(C)(C)C)CC32)C1. The van der Waals surface area contributed by atoms with E-state index >= 15 is 0 Å². The van der Waals surface area contributed by atoms with E-state index < -0.39 is 16.1 Å². The van der Waals surface area contributed by atoms with E-state index in [2.05, 4.69) is 128 Å². The average Bonchev–Trinajstić information content (AvgIpc) is 3.65. The predicted molar refractivity (Wildman–Crippen MR) is 208 cm³/mol. The van der Waals surface area contributed by atoms with Gasteiger partial charge in [0.15, 0.2) is 0 Å². The fraction of sp³-hybridized carbons (Fsp3) is 0.682. The lowest BCUT2D eigenvalue weighted by Crippen LogP contribution is -2.66. The summed E-state index contributed by atoms with van der Waals surface area (Å²) in [5, 5.41) is 3.58. The molecule has 0 amide bonds. The maximum Gasteiger partial charge on any atom is 0.124 e. The molecule has 0 nitrogen and oxygen atoms in total. The first-order valence-electron chi connectivity index (χ1n) is 19.5. The highest BCUT2D eigenvalue weighted by Crippen LogP contribution is 2.68. The highest BCUT2D eigenvalue weighted by molar-refractivity contribution is 7.04. The zero-order valence-corrected chi connectivity index (χ0v) is 33.0. The van der Waals surface area contributed by atoms with Crippen molar-refractivity contribution in [2.75, 3.05) is 0 Å². The van der Waals surface area contributed by atoms with E-state index in [1.807, 2.05) is 0 Å². The topological polar surface area (TPSA) is 0 Å². The fourth-order valence-electron chi connectivity index (χ4n) is 12.4. The number of benzene rings is 2. The molecule has 2 aromatic carbocycles. The molecule has 2 aromatic rings. The quantitative estimate of drug-likeness (QED) is 0.197. The molecule has 8 unspecified atom stereocenters. The number of hydrogen-bond donors (Lipinski definition) is 0. The number of fused-ring (bicyclic) bond motifs is 3. The Balaban J connectivity index is 1.55. The standard InChI is InChI=1S/C44H68Si2/c1-10-11-28-45(8,9)36-24-25-37(31-36)46(34-18-14-12-15-19-34,35-20-16-13-17-21-35)42-40-29-32(43(2,3)4)22-26-38(40)39-27-23-33(30-41(39)42)44(5,6)7/h10,12-21,32-33,36-42H,1,11,22-31H2,2-9H3. The lowest BCUT2D eigenvalue weighted by atomic mass is 9.62. The van der Waals surface area contributed by atoms with E-state index in [0.717, 1.165) is 52.1 Å². The zero-order valence-electron chi connectivity index (χ0n) is 31.0. The normalized spacial score (nSPS) is 33.8. The van der Waals surface area contributed by atoms with Gasteiger partial charge in [-0.1, -0.05) is 157 Å². The summed E-state index contributed by atoms with van der Waals surface area (Å²) in [7, 11) is -3.57. The van der Waals surface area contributed by atoms with E-state index in [0.29, 0.717) is 10.8 Å². The highest BCUT2D eigenvalue weighted by atomic mass is 28.3. The van der Waals surface area contributed by atoms with Crippen LogP contribution < -0.4 is 10.4 Å². The van der Waals surface area contributed by atoms with Crippen molar-refractivity contribution in [3.8, 4) is 0 Å². The highest BCUT2D eigenvalue weighted by Gasteiger charge is 2.65. The van der Waals surface area contributed by atoms with Crippen LogP contribution in [0.2, 0.25) is 35.8 Å². The van der Waals surface area contributed by atoms with Gasteiger partial charge in [-0.2, -0.15) is 0 Å². The Morgan fingerprint density at radius 3 is 1.50 bits per heavy atom. The van der Waals surface area contributed by atoms with E-state index in [4.69, 9.17) is 0 Å². The molecule has 0 bridgehead atoms. The summed E-state index contributed by atoms with van der Waals surface area (Å²) in [6.45, 7) is 24.9. The predicted octanol–water partition coefficient (Wildman–Crippen LogP) is 12.0. The summed E-state index contributed by atoms with van der Waals surface area (Å²) in [6.07, 6.45) is 16.7. The van der Waals surface area contributed by atoms with Gasteiger partial charge in [-0.25, -0.2) is 0 Å². The summed E-state index contributed by atoms with van der Waals surface area (Å²) in [6, 6.07) is 26.2. The smallest absolute Gasteiger partial charge is 0.103 e. The molecule has 4 aliphatic carbocycles. The van der Waals surface area contributed by atoms with Crippen LogP contribution in [0, 0.1) is 46.3 Å². The Bertz CT molecular complexity index is 1220. The van der Waals surface area contributed by atoms with Crippen LogP contribution in [0.25, 0.3) is 0 Å². The maximum atomic E-state index is 4.13. The minimum atomic E-state index is -2.23. The van der Waals surface area contributed by atoms with Crippen molar-refractivity contribution < 1.29 is 0 Å². The Hall–Kier alpha value is -1.39. The van der Waals surface area contributed by atoms with Crippen LogP contribution in [0.3, 0.4) is 0 Å². The van der Waals surface area contributed by atoms with Crippen molar-refractivity contribution in [2.45, 2.75) is 142 Å². The third-order valence-corrected chi connectivity index (χ3v) is 25.6. The van der Waals surface area contributed by atoms with Crippen molar-refractivity contribution in [1.29, 1.82) is 0 Å². The summed E-state index contributed by atoms with van der Waals surface area (Å²) in [5.74, 6) is 5.39. The lowest BCUT2D eigenvalue weighted by molar-refractivity contribution is 0.0722. The summed E-state index contributed by atoms with van der Waals surface area (Å²) in [4.78, 5) is 0. The van der Waals surface area contributed by atoms with Crippen LogP contribution in [0.15, 0.2) is 73.3 Å². The number of hydrogen-bond acceptors (Lipinski definition) is 0. The molecule has 0 aliphatic heterocycles. The minimum absolute atomic E-state index is 0.403. The summed E-state index contributed by atoms with van der Waals surface area (Å²) in [5.41, 5.74) is 3.48. The second-order valence-electron chi connectivity index (χ2n) is 19.6. The first-order chi connectivity index (χ1) is 21.8. The Morgan fingerprint density at radius 1 is 0.609 bits per heavy atom. The van der Waals surface area contributed by atoms with E-state index in [9.17, 15) is 0 Å². The molecule has 0 heterocycles. The molecule has 4 aliphatic rings. The molecule has 4 saturated carbocycles. The van der Waals surface area contributed by atoms with Gasteiger partial charge in [0.2, 0.25) is 0 Å². The molecule has 4 fully saturated rings. The first-order valence-corrected chi connectivity index (χ1v) is 24.9. The number of allylic oxidation sites excluding steroid dienone is 1. The maximum absolute atomic E-state index is 4.13. The number of rotatable bonds is 8. The van der Waals surface area contributed by atoms with Crippen molar-refractivity contribution in [3.63, 3.8) is 0 Å². The van der Waals surface area contributed by atoms with E-state index in [-0.39, 0.29) is 0 Å². The van der Waals surface area contributed by atoms with Gasteiger partial charge in [0.1, 0.15) is 8.07 Å². The van der Waals surface area contributed by atoms with Crippen LogP contribution in [0.5, 0.6) is 0 Å².